The lowest BCUT2D eigenvalue weighted by Gasteiger charge is -2.23. The first kappa shape index (κ1) is 17.9. The zero-order valence-corrected chi connectivity index (χ0v) is 15.6. The molecule has 7 nitrogen and oxygen atoms in total. The molecule has 9 heteroatoms. The van der Waals surface area contributed by atoms with Crippen molar-refractivity contribution in [2.24, 2.45) is 0 Å². The summed E-state index contributed by atoms with van der Waals surface area (Å²) in [5.41, 5.74) is 8.17. The number of halogens is 1. The van der Waals surface area contributed by atoms with Crippen LogP contribution in [0.15, 0.2) is 30.5 Å². The second-order valence-electron chi connectivity index (χ2n) is 6.15. The van der Waals surface area contributed by atoms with Gasteiger partial charge in [0.05, 0.1) is 18.1 Å². The highest BCUT2D eigenvalue weighted by Gasteiger charge is 2.30. The molecule has 0 bridgehead atoms. The Labute approximate surface area is 152 Å². The van der Waals surface area contributed by atoms with Gasteiger partial charge >= 0.3 is 0 Å². The number of hydrogen-bond donors (Lipinski definition) is 1. The van der Waals surface area contributed by atoms with E-state index in [2.05, 4.69) is 14.9 Å². The molecular weight excluding hydrogens is 362 g/mol. The zero-order chi connectivity index (χ0) is 18.2. The normalized spacial score (nSPS) is 18.1. The van der Waals surface area contributed by atoms with Gasteiger partial charge in [-0.1, -0.05) is 23.7 Å². The molecule has 3 rings (SSSR count). The van der Waals surface area contributed by atoms with Gasteiger partial charge in [-0.25, -0.2) is 22.7 Å². The lowest BCUT2D eigenvalue weighted by molar-refractivity contribution is 0.393. The van der Waals surface area contributed by atoms with Gasteiger partial charge in [-0.3, -0.25) is 0 Å². The standard InChI is InChI=1S/C16H20ClN5O2S/c1-21(25(2,23)24)13-7-8-22(10-13)12-5-3-11(4-6-12)14-9-19-16(18)15(17)20-14/h3-6,9,13H,7-8,10H2,1-2H3,(H2,18,19)/t13-/m0/s1. The Hall–Kier alpha value is -1.90. The van der Waals surface area contributed by atoms with Crippen LogP contribution in [-0.4, -0.2) is 55.1 Å². The van der Waals surface area contributed by atoms with E-state index in [1.165, 1.54) is 10.6 Å². The van der Waals surface area contributed by atoms with E-state index in [1.54, 1.807) is 13.2 Å². The van der Waals surface area contributed by atoms with Crippen LogP contribution in [0.2, 0.25) is 5.15 Å². The van der Waals surface area contributed by atoms with E-state index >= 15 is 0 Å². The fourth-order valence-corrected chi connectivity index (χ4v) is 3.76. The maximum atomic E-state index is 11.7. The molecular formula is C16H20ClN5O2S. The maximum Gasteiger partial charge on any atom is 0.211 e. The van der Waals surface area contributed by atoms with Gasteiger partial charge in [0.2, 0.25) is 10.0 Å². The number of nitrogen functional groups attached to an aromatic ring is 1. The third-order valence-electron chi connectivity index (χ3n) is 4.48. The fraction of sp³-hybridized carbons (Fsp3) is 0.375. The predicted molar refractivity (Wildman–Crippen MR) is 100 cm³/mol. The minimum atomic E-state index is -3.17. The van der Waals surface area contributed by atoms with E-state index in [-0.39, 0.29) is 17.0 Å². The minimum absolute atomic E-state index is 0.00329. The molecule has 0 saturated carbocycles. The van der Waals surface area contributed by atoms with Gasteiger partial charge in [-0.15, -0.1) is 0 Å². The van der Waals surface area contributed by atoms with Crippen LogP contribution in [0.3, 0.4) is 0 Å². The lowest BCUT2D eigenvalue weighted by Crippen LogP contribution is -2.38. The Morgan fingerprint density at radius 3 is 2.60 bits per heavy atom. The summed E-state index contributed by atoms with van der Waals surface area (Å²) in [6, 6.07) is 7.86. The molecule has 0 aliphatic carbocycles. The van der Waals surface area contributed by atoms with Crippen molar-refractivity contribution in [3.05, 3.63) is 35.6 Å². The molecule has 1 aliphatic heterocycles. The monoisotopic (exact) mass is 381 g/mol. The molecule has 2 N–H and O–H groups in total. The first-order valence-electron chi connectivity index (χ1n) is 7.82. The Morgan fingerprint density at radius 2 is 2.00 bits per heavy atom. The Bertz CT molecular complexity index is 873. The minimum Gasteiger partial charge on any atom is -0.381 e. The summed E-state index contributed by atoms with van der Waals surface area (Å²) < 4.78 is 24.8. The number of likely N-dealkylation sites (N-methyl/N-ethyl adjacent to an activating group) is 1. The lowest BCUT2D eigenvalue weighted by atomic mass is 10.1. The largest absolute Gasteiger partial charge is 0.381 e. The van der Waals surface area contributed by atoms with Gasteiger partial charge in [0.25, 0.3) is 0 Å². The van der Waals surface area contributed by atoms with E-state index in [1.807, 2.05) is 24.3 Å². The number of benzene rings is 1. The summed E-state index contributed by atoms with van der Waals surface area (Å²) in [6.07, 6.45) is 3.64. The van der Waals surface area contributed by atoms with E-state index < -0.39 is 10.0 Å². The summed E-state index contributed by atoms with van der Waals surface area (Å²) >= 11 is 5.92. The van der Waals surface area contributed by atoms with E-state index in [0.29, 0.717) is 12.2 Å². The molecule has 0 spiro atoms. The first-order chi connectivity index (χ1) is 11.8. The van der Waals surface area contributed by atoms with Crippen LogP contribution in [0.5, 0.6) is 0 Å². The predicted octanol–water partition coefficient (Wildman–Crippen LogP) is 1.85. The average Bonchev–Trinajstić information content (AvgIpc) is 3.06. The number of nitrogens with zero attached hydrogens (tertiary/aromatic N) is 4. The molecule has 1 fully saturated rings. The van der Waals surface area contributed by atoms with Crippen molar-refractivity contribution >= 4 is 33.1 Å². The Kier molecular flexibility index (Phi) is 4.86. The highest BCUT2D eigenvalue weighted by Crippen LogP contribution is 2.27. The molecule has 1 saturated heterocycles. The van der Waals surface area contributed by atoms with Gasteiger partial charge in [-0.2, -0.15) is 0 Å². The second-order valence-corrected chi connectivity index (χ2v) is 8.55. The summed E-state index contributed by atoms with van der Waals surface area (Å²) in [5, 5.41) is 0.188. The number of anilines is 2. The quantitative estimate of drug-likeness (QED) is 0.868. The zero-order valence-electron chi connectivity index (χ0n) is 14.1. The van der Waals surface area contributed by atoms with Gasteiger partial charge < -0.3 is 10.6 Å². The van der Waals surface area contributed by atoms with Crippen molar-refractivity contribution in [2.45, 2.75) is 12.5 Å². The molecule has 25 heavy (non-hydrogen) atoms. The molecule has 134 valence electrons. The summed E-state index contributed by atoms with van der Waals surface area (Å²) in [4.78, 5) is 10.4. The van der Waals surface area contributed by atoms with Crippen LogP contribution in [0.25, 0.3) is 11.3 Å². The van der Waals surface area contributed by atoms with E-state index in [9.17, 15) is 8.42 Å². The smallest absolute Gasteiger partial charge is 0.211 e. The average molecular weight is 382 g/mol. The van der Waals surface area contributed by atoms with Crippen molar-refractivity contribution in [2.75, 3.05) is 37.0 Å². The van der Waals surface area contributed by atoms with Crippen LogP contribution in [0, 0.1) is 0 Å². The van der Waals surface area contributed by atoms with Crippen molar-refractivity contribution in [3.63, 3.8) is 0 Å². The number of nitrogens with two attached hydrogens (primary N) is 1. The van der Waals surface area contributed by atoms with Crippen molar-refractivity contribution in [3.8, 4) is 11.3 Å². The van der Waals surface area contributed by atoms with Crippen molar-refractivity contribution < 1.29 is 8.42 Å². The molecule has 0 radical (unpaired) electrons. The number of aromatic nitrogens is 2. The van der Waals surface area contributed by atoms with E-state index in [0.717, 1.165) is 24.2 Å². The maximum absolute atomic E-state index is 11.7. The van der Waals surface area contributed by atoms with Gasteiger partial charge in [0, 0.05) is 37.4 Å². The SMILES string of the molecule is CN([C@H]1CCN(c2ccc(-c3cnc(N)c(Cl)n3)cc2)C1)S(C)(=O)=O. The van der Waals surface area contributed by atoms with Crippen LogP contribution in [0.1, 0.15) is 6.42 Å². The second kappa shape index (κ2) is 6.78. The Balaban J connectivity index is 1.74. The summed E-state index contributed by atoms with van der Waals surface area (Å²) in [5.74, 6) is 0.208. The van der Waals surface area contributed by atoms with Crippen LogP contribution >= 0.6 is 11.6 Å². The topological polar surface area (TPSA) is 92.4 Å². The Morgan fingerprint density at radius 1 is 1.32 bits per heavy atom. The molecule has 0 amide bonds. The third kappa shape index (κ3) is 3.86. The van der Waals surface area contributed by atoms with Gasteiger partial charge in [0.15, 0.2) is 11.0 Å². The van der Waals surface area contributed by atoms with Crippen molar-refractivity contribution in [1.29, 1.82) is 0 Å². The van der Waals surface area contributed by atoms with E-state index in [4.69, 9.17) is 17.3 Å². The van der Waals surface area contributed by atoms with Crippen molar-refractivity contribution in [1.82, 2.24) is 14.3 Å². The van der Waals surface area contributed by atoms with Crippen LogP contribution in [0.4, 0.5) is 11.5 Å². The number of sulfonamides is 1. The number of hydrogen-bond acceptors (Lipinski definition) is 6. The summed E-state index contributed by atoms with van der Waals surface area (Å²) in [7, 11) is -1.54. The molecule has 0 unspecified atom stereocenters. The first-order valence-corrected chi connectivity index (χ1v) is 10.0. The number of rotatable bonds is 4. The molecule has 1 aromatic carbocycles. The van der Waals surface area contributed by atoms with Gasteiger partial charge in [0.1, 0.15) is 0 Å². The fourth-order valence-electron chi connectivity index (χ4n) is 2.90. The van der Waals surface area contributed by atoms with Crippen LogP contribution < -0.4 is 10.6 Å². The highest BCUT2D eigenvalue weighted by molar-refractivity contribution is 7.88. The third-order valence-corrected chi connectivity index (χ3v) is 6.11. The molecule has 1 atom stereocenters. The molecule has 1 aliphatic rings. The molecule has 2 aromatic rings. The molecule has 2 heterocycles. The van der Waals surface area contributed by atoms with Gasteiger partial charge in [-0.05, 0) is 18.6 Å². The highest BCUT2D eigenvalue weighted by atomic mass is 35.5. The summed E-state index contributed by atoms with van der Waals surface area (Å²) in [6.45, 7) is 1.49. The molecule has 1 aromatic heterocycles. The van der Waals surface area contributed by atoms with Crippen LogP contribution in [-0.2, 0) is 10.0 Å².